The number of carbonyl (C=O) groups is 1. The van der Waals surface area contributed by atoms with Gasteiger partial charge in [0, 0.05) is 17.3 Å². The average Bonchev–Trinajstić information content (AvgIpc) is 3.21. The third-order valence-corrected chi connectivity index (χ3v) is 6.63. The van der Waals surface area contributed by atoms with Crippen LogP contribution in [0.3, 0.4) is 0 Å². The Labute approximate surface area is 139 Å². The van der Waals surface area contributed by atoms with Gasteiger partial charge in [-0.2, -0.15) is 0 Å². The summed E-state index contributed by atoms with van der Waals surface area (Å²) in [6.07, 6.45) is 4.39. The van der Waals surface area contributed by atoms with E-state index in [2.05, 4.69) is 10.0 Å². The van der Waals surface area contributed by atoms with Crippen molar-refractivity contribution in [3.8, 4) is 0 Å². The second-order valence-corrected chi connectivity index (χ2v) is 8.43. The summed E-state index contributed by atoms with van der Waals surface area (Å²) in [5.41, 5.74) is 0.979. The normalized spacial score (nSPS) is 15.5. The molecule has 0 bridgehead atoms. The number of carbonyl (C=O) groups excluding carboxylic acids is 1. The Balaban J connectivity index is 1.66. The van der Waals surface area contributed by atoms with E-state index >= 15 is 0 Å². The molecular weight excluding hydrogens is 332 g/mol. The molecule has 1 amide bonds. The van der Waals surface area contributed by atoms with Gasteiger partial charge in [-0.1, -0.05) is 18.9 Å². The summed E-state index contributed by atoms with van der Waals surface area (Å²) >= 11 is 1.16. The highest BCUT2D eigenvalue weighted by Gasteiger charge is 2.18. The van der Waals surface area contributed by atoms with Crippen molar-refractivity contribution in [2.75, 3.05) is 4.72 Å². The van der Waals surface area contributed by atoms with Gasteiger partial charge in [0.15, 0.2) is 0 Å². The first-order chi connectivity index (χ1) is 11.0. The number of rotatable bonds is 5. The highest BCUT2D eigenvalue weighted by Crippen LogP contribution is 2.21. The number of benzene rings is 1. The van der Waals surface area contributed by atoms with Crippen molar-refractivity contribution in [3.63, 3.8) is 0 Å². The molecule has 122 valence electrons. The molecule has 23 heavy (non-hydrogen) atoms. The third kappa shape index (κ3) is 3.92. The summed E-state index contributed by atoms with van der Waals surface area (Å²) in [7, 11) is -3.55. The quantitative estimate of drug-likeness (QED) is 0.869. The van der Waals surface area contributed by atoms with Crippen LogP contribution in [-0.4, -0.2) is 20.4 Å². The van der Waals surface area contributed by atoms with E-state index in [-0.39, 0.29) is 16.2 Å². The first-order valence-corrected chi connectivity index (χ1v) is 9.88. The lowest BCUT2D eigenvalue weighted by Gasteiger charge is -2.12. The smallest absolute Gasteiger partial charge is 0.271 e. The average molecular weight is 350 g/mol. The Hall–Kier alpha value is -1.86. The fraction of sp³-hybridized carbons (Fsp3) is 0.312. The number of amides is 1. The van der Waals surface area contributed by atoms with Crippen LogP contribution in [0.5, 0.6) is 0 Å². The first-order valence-electron chi connectivity index (χ1n) is 7.52. The van der Waals surface area contributed by atoms with Gasteiger partial charge in [-0.05, 0) is 48.6 Å². The van der Waals surface area contributed by atoms with Crippen molar-refractivity contribution in [3.05, 3.63) is 47.3 Å². The molecule has 5 nitrogen and oxygen atoms in total. The summed E-state index contributed by atoms with van der Waals surface area (Å²) in [6, 6.07) is 9.99. The lowest BCUT2D eigenvalue weighted by Crippen LogP contribution is -2.32. The van der Waals surface area contributed by atoms with Gasteiger partial charge in [0.05, 0.1) is 0 Å². The van der Waals surface area contributed by atoms with Crippen molar-refractivity contribution in [2.24, 2.45) is 0 Å². The maximum atomic E-state index is 12.1. The predicted octanol–water partition coefficient (Wildman–Crippen LogP) is 3.22. The van der Waals surface area contributed by atoms with Crippen molar-refractivity contribution in [1.29, 1.82) is 0 Å². The topological polar surface area (TPSA) is 75.3 Å². The van der Waals surface area contributed by atoms with E-state index in [1.807, 2.05) is 0 Å². The number of thiophene rings is 1. The molecule has 1 fully saturated rings. The highest BCUT2D eigenvalue weighted by molar-refractivity contribution is 7.94. The van der Waals surface area contributed by atoms with Crippen LogP contribution in [0, 0.1) is 0 Å². The molecular formula is C16H18N2O3S2. The van der Waals surface area contributed by atoms with Crippen LogP contribution in [0.4, 0.5) is 5.69 Å². The van der Waals surface area contributed by atoms with E-state index < -0.39 is 10.0 Å². The molecule has 0 aliphatic heterocycles. The fourth-order valence-corrected chi connectivity index (χ4v) is 4.70. The molecule has 1 aliphatic carbocycles. The Morgan fingerprint density at radius 2 is 1.78 bits per heavy atom. The molecule has 0 saturated heterocycles. The number of sulfonamides is 1. The van der Waals surface area contributed by atoms with E-state index in [9.17, 15) is 13.2 Å². The SMILES string of the molecule is O=C(NC1CCCC1)c1ccc(NS(=O)(=O)c2cccs2)cc1. The van der Waals surface area contributed by atoms with E-state index in [4.69, 9.17) is 0 Å². The van der Waals surface area contributed by atoms with E-state index in [1.54, 1.807) is 41.8 Å². The standard InChI is InChI=1S/C16H18N2O3S2/c19-16(17-13-4-1-2-5-13)12-7-9-14(10-8-12)18-23(20,21)15-6-3-11-22-15/h3,6-11,13,18H,1-2,4-5H2,(H,17,19). The molecule has 1 aromatic carbocycles. The minimum atomic E-state index is -3.55. The van der Waals surface area contributed by atoms with Gasteiger partial charge >= 0.3 is 0 Å². The predicted molar refractivity (Wildman–Crippen MR) is 91.3 cm³/mol. The van der Waals surface area contributed by atoms with Crippen LogP contribution >= 0.6 is 11.3 Å². The molecule has 0 spiro atoms. The van der Waals surface area contributed by atoms with Crippen LogP contribution < -0.4 is 10.0 Å². The van der Waals surface area contributed by atoms with Gasteiger partial charge in [0.2, 0.25) is 0 Å². The molecule has 0 radical (unpaired) electrons. The van der Waals surface area contributed by atoms with Crippen LogP contribution in [0.15, 0.2) is 46.0 Å². The van der Waals surface area contributed by atoms with Crippen molar-refractivity contribution in [2.45, 2.75) is 35.9 Å². The molecule has 0 atom stereocenters. The molecule has 1 saturated carbocycles. The zero-order valence-corrected chi connectivity index (χ0v) is 14.1. The highest BCUT2D eigenvalue weighted by atomic mass is 32.2. The minimum absolute atomic E-state index is 0.107. The van der Waals surface area contributed by atoms with Crippen LogP contribution in [0.2, 0.25) is 0 Å². The Kier molecular flexibility index (Phi) is 4.68. The lowest BCUT2D eigenvalue weighted by molar-refractivity contribution is 0.0938. The summed E-state index contributed by atoms with van der Waals surface area (Å²) < 4.78 is 27.0. The van der Waals surface area contributed by atoms with Crippen molar-refractivity contribution >= 4 is 33.0 Å². The molecule has 7 heteroatoms. The maximum absolute atomic E-state index is 12.1. The van der Waals surface area contributed by atoms with Gasteiger partial charge in [-0.25, -0.2) is 8.42 Å². The lowest BCUT2D eigenvalue weighted by atomic mass is 10.1. The molecule has 1 aliphatic rings. The Morgan fingerprint density at radius 1 is 1.09 bits per heavy atom. The maximum Gasteiger partial charge on any atom is 0.271 e. The van der Waals surface area contributed by atoms with Crippen LogP contribution in [0.1, 0.15) is 36.0 Å². The van der Waals surface area contributed by atoms with Crippen molar-refractivity contribution < 1.29 is 13.2 Å². The molecule has 1 heterocycles. The second kappa shape index (κ2) is 6.72. The molecule has 3 rings (SSSR count). The van der Waals surface area contributed by atoms with Crippen molar-refractivity contribution in [1.82, 2.24) is 5.32 Å². The van der Waals surface area contributed by atoms with Gasteiger partial charge < -0.3 is 5.32 Å². The van der Waals surface area contributed by atoms with Crippen LogP contribution in [-0.2, 0) is 10.0 Å². The zero-order chi connectivity index (χ0) is 16.3. The van der Waals surface area contributed by atoms with E-state index in [0.29, 0.717) is 11.3 Å². The van der Waals surface area contributed by atoms with E-state index in [0.717, 1.165) is 37.0 Å². The fourth-order valence-electron chi connectivity index (χ4n) is 2.65. The molecule has 2 N–H and O–H groups in total. The largest absolute Gasteiger partial charge is 0.349 e. The number of hydrogen-bond acceptors (Lipinski definition) is 4. The minimum Gasteiger partial charge on any atom is -0.349 e. The van der Waals surface area contributed by atoms with Crippen LogP contribution in [0.25, 0.3) is 0 Å². The summed E-state index contributed by atoms with van der Waals surface area (Å²) in [6.45, 7) is 0. The number of hydrogen-bond donors (Lipinski definition) is 2. The molecule has 2 aromatic rings. The van der Waals surface area contributed by atoms with Gasteiger partial charge in [0.25, 0.3) is 15.9 Å². The number of nitrogens with one attached hydrogen (secondary N) is 2. The first kappa shape index (κ1) is 16.0. The molecule has 1 aromatic heterocycles. The van der Waals surface area contributed by atoms with E-state index in [1.165, 1.54) is 0 Å². The zero-order valence-electron chi connectivity index (χ0n) is 12.5. The van der Waals surface area contributed by atoms with Gasteiger partial charge in [-0.15, -0.1) is 11.3 Å². The number of anilines is 1. The Bertz CT molecular complexity index is 762. The third-order valence-electron chi connectivity index (χ3n) is 3.85. The van der Waals surface area contributed by atoms with Gasteiger partial charge in [0.1, 0.15) is 4.21 Å². The second-order valence-electron chi connectivity index (χ2n) is 5.57. The van der Waals surface area contributed by atoms with Gasteiger partial charge in [-0.3, -0.25) is 9.52 Å². The monoisotopic (exact) mass is 350 g/mol. The Morgan fingerprint density at radius 3 is 2.39 bits per heavy atom. The summed E-state index contributed by atoms with van der Waals surface area (Å²) in [4.78, 5) is 12.1. The molecule has 0 unspecified atom stereocenters. The summed E-state index contributed by atoms with van der Waals surface area (Å²) in [5, 5.41) is 4.72. The summed E-state index contributed by atoms with van der Waals surface area (Å²) in [5.74, 6) is -0.107.